The smallest absolute Gasteiger partial charge is 0.267 e. The van der Waals surface area contributed by atoms with Crippen LogP contribution >= 0.6 is 27.3 Å². The maximum Gasteiger partial charge on any atom is 0.267 e. The van der Waals surface area contributed by atoms with Crippen molar-refractivity contribution in [3.63, 3.8) is 0 Å². The van der Waals surface area contributed by atoms with Crippen LogP contribution in [0.5, 0.6) is 0 Å². The molecule has 0 atom stereocenters. The first-order valence-corrected chi connectivity index (χ1v) is 7.48. The van der Waals surface area contributed by atoms with Crippen LogP contribution in [0.3, 0.4) is 0 Å². The Labute approximate surface area is 110 Å². The third-order valence-corrected chi connectivity index (χ3v) is 4.41. The van der Waals surface area contributed by atoms with Crippen molar-refractivity contribution in [2.45, 2.75) is 4.90 Å². The average Bonchev–Trinajstić information content (AvgIpc) is 2.73. The largest absolute Gasteiger partial charge is 0.383 e. The SMILES string of the molecule is Nc1ncc(Br)cc1S(=O)(=O)Nc1nccs1. The van der Waals surface area contributed by atoms with Gasteiger partial charge in [-0.1, -0.05) is 0 Å². The van der Waals surface area contributed by atoms with E-state index in [0.29, 0.717) is 4.47 Å². The van der Waals surface area contributed by atoms with Gasteiger partial charge in [0.25, 0.3) is 10.0 Å². The number of nitrogen functional groups attached to an aromatic ring is 1. The van der Waals surface area contributed by atoms with Crippen LogP contribution in [-0.2, 0) is 10.0 Å². The van der Waals surface area contributed by atoms with E-state index < -0.39 is 10.0 Å². The van der Waals surface area contributed by atoms with Gasteiger partial charge in [0.05, 0.1) is 0 Å². The Morgan fingerprint density at radius 3 is 2.82 bits per heavy atom. The van der Waals surface area contributed by atoms with E-state index in [1.807, 2.05) is 0 Å². The Hall–Kier alpha value is -1.19. The van der Waals surface area contributed by atoms with Crippen LogP contribution in [0, 0.1) is 0 Å². The minimum Gasteiger partial charge on any atom is -0.383 e. The second-order valence-electron chi connectivity index (χ2n) is 2.98. The third kappa shape index (κ3) is 2.73. The number of halogens is 1. The predicted octanol–water partition coefficient (Wildman–Crippen LogP) is 1.68. The number of nitrogens with one attached hydrogen (secondary N) is 1. The van der Waals surface area contributed by atoms with Gasteiger partial charge in [0, 0.05) is 22.2 Å². The molecule has 0 saturated heterocycles. The topological polar surface area (TPSA) is 98.0 Å². The summed E-state index contributed by atoms with van der Waals surface area (Å²) in [6, 6.07) is 1.39. The van der Waals surface area contributed by atoms with Crippen molar-refractivity contribution in [1.29, 1.82) is 0 Å². The third-order valence-electron chi connectivity index (χ3n) is 1.79. The number of nitrogens with zero attached hydrogens (tertiary/aromatic N) is 2. The van der Waals surface area contributed by atoms with E-state index in [9.17, 15) is 8.42 Å². The number of hydrogen-bond acceptors (Lipinski definition) is 6. The molecule has 6 nitrogen and oxygen atoms in total. The lowest BCUT2D eigenvalue weighted by Crippen LogP contribution is -2.15. The fraction of sp³-hybridized carbons (Fsp3) is 0. The normalized spacial score (nSPS) is 11.4. The molecule has 17 heavy (non-hydrogen) atoms. The van der Waals surface area contributed by atoms with E-state index in [-0.39, 0.29) is 15.8 Å². The summed E-state index contributed by atoms with van der Waals surface area (Å²) in [6.07, 6.45) is 2.93. The molecule has 0 aromatic carbocycles. The molecule has 0 aliphatic carbocycles. The molecule has 2 heterocycles. The standard InChI is InChI=1S/C8H7BrN4O2S2/c9-5-3-6(7(10)12-4-5)17(14,15)13-8-11-1-2-16-8/h1-4H,(H2,10,12)(H,11,13). The van der Waals surface area contributed by atoms with E-state index in [4.69, 9.17) is 5.73 Å². The van der Waals surface area contributed by atoms with E-state index in [2.05, 4.69) is 30.6 Å². The molecule has 0 aliphatic heterocycles. The zero-order valence-electron chi connectivity index (χ0n) is 8.29. The Kier molecular flexibility index (Phi) is 3.31. The molecule has 0 radical (unpaired) electrons. The van der Waals surface area contributed by atoms with Gasteiger partial charge < -0.3 is 5.73 Å². The van der Waals surface area contributed by atoms with Gasteiger partial charge in [0.1, 0.15) is 10.7 Å². The molecule has 2 rings (SSSR count). The van der Waals surface area contributed by atoms with Crippen LogP contribution in [0.1, 0.15) is 0 Å². The van der Waals surface area contributed by atoms with Gasteiger partial charge in [-0.3, -0.25) is 4.72 Å². The zero-order valence-corrected chi connectivity index (χ0v) is 11.5. The average molecular weight is 335 g/mol. The van der Waals surface area contributed by atoms with Gasteiger partial charge in [0.15, 0.2) is 5.13 Å². The van der Waals surface area contributed by atoms with Crippen LogP contribution < -0.4 is 10.5 Å². The number of anilines is 2. The van der Waals surface area contributed by atoms with Crippen molar-refractivity contribution in [2.75, 3.05) is 10.5 Å². The van der Waals surface area contributed by atoms with Crippen LogP contribution in [0.25, 0.3) is 0 Å². The number of aromatic nitrogens is 2. The fourth-order valence-corrected chi connectivity index (χ4v) is 3.47. The highest BCUT2D eigenvalue weighted by Crippen LogP contribution is 2.23. The maximum atomic E-state index is 12.0. The van der Waals surface area contributed by atoms with Crippen molar-refractivity contribution in [1.82, 2.24) is 9.97 Å². The minimum atomic E-state index is -3.76. The maximum absolute atomic E-state index is 12.0. The van der Waals surface area contributed by atoms with E-state index >= 15 is 0 Å². The molecule has 0 amide bonds. The lowest BCUT2D eigenvalue weighted by Gasteiger charge is -2.07. The number of rotatable bonds is 3. The minimum absolute atomic E-state index is 0.0581. The lowest BCUT2D eigenvalue weighted by molar-refractivity contribution is 0.601. The van der Waals surface area contributed by atoms with Crippen molar-refractivity contribution in [2.24, 2.45) is 0 Å². The highest BCUT2D eigenvalue weighted by Gasteiger charge is 2.19. The Balaban J connectivity index is 2.41. The first kappa shape index (κ1) is 12.3. The Morgan fingerprint density at radius 1 is 1.41 bits per heavy atom. The summed E-state index contributed by atoms with van der Waals surface area (Å²) in [7, 11) is -3.76. The summed E-state index contributed by atoms with van der Waals surface area (Å²) in [6.45, 7) is 0. The summed E-state index contributed by atoms with van der Waals surface area (Å²) >= 11 is 4.32. The molecular formula is C8H7BrN4O2S2. The molecule has 2 aromatic heterocycles. The van der Waals surface area contributed by atoms with Crippen LogP contribution in [-0.4, -0.2) is 18.4 Å². The van der Waals surface area contributed by atoms with Crippen LogP contribution in [0.4, 0.5) is 10.9 Å². The monoisotopic (exact) mass is 334 g/mol. The lowest BCUT2D eigenvalue weighted by atomic mass is 10.5. The van der Waals surface area contributed by atoms with Gasteiger partial charge >= 0.3 is 0 Å². The molecule has 2 aromatic rings. The molecule has 0 unspecified atom stereocenters. The molecule has 0 aliphatic rings. The number of pyridine rings is 1. The Morgan fingerprint density at radius 2 is 2.18 bits per heavy atom. The summed E-state index contributed by atoms with van der Waals surface area (Å²) in [5, 5.41) is 1.95. The van der Waals surface area contributed by atoms with E-state index in [1.54, 1.807) is 5.38 Å². The van der Waals surface area contributed by atoms with Gasteiger partial charge in [-0.2, -0.15) is 0 Å². The predicted molar refractivity (Wildman–Crippen MR) is 69.3 cm³/mol. The van der Waals surface area contributed by atoms with E-state index in [0.717, 1.165) is 0 Å². The summed E-state index contributed by atoms with van der Waals surface area (Å²) in [4.78, 5) is 7.52. The van der Waals surface area contributed by atoms with Gasteiger partial charge in [-0.25, -0.2) is 18.4 Å². The van der Waals surface area contributed by atoms with Crippen LogP contribution in [0.2, 0.25) is 0 Å². The quantitative estimate of drug-likeness (QED) is 0.889. The van der Waals surface area contributed by atoms with Gasteiger partial charge in [-0.05, 0) is 22.0 Å². The first-order valence-electron chi connectivity index (χ1n) is 4.32. The molecule has 0 fully saturated rings. The van der Waals surface area contributed by atoms with Crippen LogP contribution in [0.15, 0.2) is 33.2 Å². The molecule has 3 N–H and O–H groups in total. The van der Waals surface area contributed by atoms with Gasteiger partial charge in [0.2, 0.25) is 0 Å². The molecule has 9 heteroatoms. The number of thiazole rings is 1. The first-order chi connectivity index (χ1) is 7.99. The molecule has 0 saturated carbocycles. The molecular weight excluding hydrogens is 328 g/mol. The molecule has 0 bridgehead atoms. The van der Waals surface area contributed by atoms with Crippen molar-refractivity contribution >= 4 is 48.2 Å². The number of nitrogens with two attached hydrogens (primary N) is 1. The fourth-order valence-electron chi connectivity index (χ4n) is 1.09. The highest BCUT2D eigenvalue weighted by molar-refractivity contribution is 9.10. The van der Waals surface area contributed by atoms with E-state index in [1.165, 1.54) is 29.8 Å². The second-order valence-corrected chi connectivity index (χ2v) is 6.44. The molecule has 90 valence electrons. The Bertz CT molecular complexity index is 627. The zero-order chi connectivity index (χ0) is 12.5. The molecule has 0 spiro atoms. The highest BCUT2D eigenvalue weighted by atomic mass is 79.9. The summed E-state index contributed by atoms with van der Waals surface area (Å²) in [5.41, 5.74) is 5.54. The van der Waals surface area contributed by atoms with Crippen molar-refractivity contribution in [3.8, 4) is 0 Å². The number of sulfonamides is 1. The van der Waals surface area contributed by atoms with Crippen molar-refractivity contribution in [3.05, 3.63) is 28.3 Å². The second kappa shape index (κ2) is 4.59. The van der Waals surface area contributed by atoms with Crippen molar-refractivity contribution < 1.29 is 8.42 Å². The summed E-state index contributed by atoms with van der Waals surface area (Å²) < 4.78 is 26.8. The number of hydrogen-bond donors (Lipinski definition) is 2. The summed E-state index contributed by atoms with van der Waals surface area (Å²) in [5.74, 6) is -0.0581. The van der Waals surface area contributed by atoms with Gasteiger partial charge in [-0.15, -0.1) is 11.3 Å².